The van der Waals surface area contributed by atoms with Crippen molar-refractivity contribution in [2.24, 2.45) is 23.7 Å². The molecule has 0 saturated heterocycles. The van der Waals surface area contributed by atoms with Gasteiger partial charge in [-0.15, -0.1) is 0 Å². The van der Waals surface area contributed by atoms with Crippen LogP contribution in [0.25, 0.3) is 0 Å². The van der Waals surface area contributed by atoms with Crippen LogP contribution in [0.5, 0.6) is 11.5 Å². The van der Waals surface area contributed by atoms with E-state index >= 15 is 0 Å². The van der Waals surface area contributed by atoms with E-state index in [1.54, 1.807) is 6.92 Å². The van der Waals surface area contributed by atoms with Gasteiger partial charge in [0.2, 0.25) is 11.6 Å². The summed E-state index contributed by atoms with van der Waals surface area (Å²) in [7, 11) is 0. The molecule has 3 rings (SSSR count). The molecule has 0 N–H and O–H groups in total. The molecule has 0 aliphatic heterocycles. The van der Waals surface area contributed by atoms with Crippen molar-refractivity contribution >= 4 is 5.97 Å². The van der Waals surface area contributed by atoms with Crippen molar-refractivity contribution in [3.05, 3.63) is 23.8 Å². The van der Waals surface area contributed by atoms with Crippen LogP contribution in [0.1, 0.15) is 104 Å². The highest BCUT2D eigenvalue weighted by atomic mass is 19.2. The Morgan fingerprint density at radius 1 is 0.818 bits per heavy atom. The van der Waals surface area contributed by atoms with Crippen LogP contribution >= 0.6 is 0 Å². The number of esters is 1. The van der Waals surface area contributed by atoms with E-state index in [1.807, 2.05) is 0 Å². The Balaban J connectivity index is 1.39. The van der Waals surface area contributed by atoms with Crippen LogP contribution in [-0.4, -0.2) is 12.6 Å². The number of hydrogen-bond donors (Lipinski definition) is 0. The van der Waals surface area contributed by atoms with E-state index in [2.05, 4.69) is 6.92 Å². The highest BCUT2D eigenvalue weighted by Gasteiger charge is 2.34. The van der Waals surface area contributed by atoms with Gasteiger partial charge in [0.1, 0.15) is 0 Å². The number of hydrogen-bond acceptors (Lipinski definition) is 3. The summed E-state index contributed by atoms with van der Waals surface area (Å²) in [4.78, 5) is 12.6. The standard InChI is InChI=1S/C28H42F2O3/c1-3-5-6-7-8-9-20-10-12-21(13-11-20)22-14-16-23(17-15-22)28(31)33-25-19-18-24(32-4-2)26(29)27(25)30/h18-23H,3-17H2,1-2H3/t20-,21-,22-,23-. The van der Waals surface area contributed by atoms with E-state index in [0.717, 1.165) is 37.5 Å². The molecule has 0 bridgehead atoms. The third-order valence-corrected chi connectivity index (χ3v) is 7.90. The van der Waals surface area contributed by atoms with Crippen molar-refractivity contribution < 1.29 is 23.0 Å². The van der Waals surface area contributed by atoms with Gasteiger partial charge in [-0.25, -0.2) is 0 Å². The molecule has 186 valence electrons. The fraction of sp³-hybridized carbons (Fsp3) is 0.750. The first-order valence-electron chi connectivity index (χ1n) is 13.4. The van der Waals surface area contributed by atoms with E-state index in [-0.39, 0.29) is 24.0 Å². The quantitative estimate of drug-likeness (QED) is 0.188. The van der Waals surface area contributed by atoms with Gasteiger partial charge in [0.15, 0.2) is 11.5 Å². The zero-order valence-corrected chi connectivity index (χ0v) is 20.6. The average molecular weight is 465 g/mol. The number of carbonyl (C=O) groups is 1. The Hall–Kier alpha value is -1.65. The minimum Gasteiger partial charge on any atom is -0.491 e. The van der Waals surface area contributed by atoms with Crippen molar-refractivity contribution in [1.29, 1.82) is 0 Å². The first-order valence-corrected chi connectivity index (χ1v) is 13.4. The number of carbonyl (C=O) groups excluding carboxylic acids is 1. The molecule has 3 nitrogen and oxygen atoms in total. The SMILES string of the molecule is CCCCCCC[C@H]1CC[C@H]([C@H]2CC[C@H](C(=O)Oc3ccc(OCC)c(F)c3F)CC2)CC1. The first-order chi connectivity index (χ1) is 16.0. The van der Waals surface area contributed by atoms with Crippen LogP contribution < -0.4 is 9.47 Å². The van der Waals surface area contributed by atoms with Gasteiger partial charge in [0.05, 0.1) is 12.5 Å². The molecule has 1 aromatic carbocycles. The van der Waals surface area contributed by atoms with Crippen LogP contribution in [-0.2, 0) is 4.79 Å². The molecule has 2 fully saturated rings. The molecule has 0 atom stereocenters. The second-order valence-corrected chi connectivity index (χ2v) is 10.1. The second kappa shape index (κ2) is 13.3. The lowest BCUT2D eigenvalue weighted by Gasteiger charge is -2.37. The molecular weight excluding hydrogens is 422 g/mol. The Kier molecular flexibility index (Phi) is 10.5. The maximum atomic E-state index is 14.2. The van der Waals surface area contributed by atoms with Crippen molar-refractivity contribution in [2.75, 3.05) is 6.61 Å². The van der Waals surface area contributed by atoms with Crippen molar-refractivity contribution in [3.8, 4) is 11.5 Å². The van der Waals surface area contributed by atoms with Gasteiger partial charge in [-0.3, -0.25) is 4.79 Å². The summed E-state index contributed by atoms with van der Waals surface area (Å²) in [5.41, 5.74) is 0. The highest BCUT2D eigenvalue weighted by molar-refractivity contribution is 5.75. The Morgan fingerprint density at radius 2 is 1.39 bits per heavy atom. The average Bonchev–Trinajstić information content (AvgIpc) is 2.84. The highest BCUT2D eigenvalue weighted by Crippen LogP contribution is 2.42. The molecule has 0 aromatic heterocycles. The number of halogens is 2. The lowest BCUT2D eigenvalue weighted by Crippen LogP contribution is -2.30. The molecule has 0 spiro atoms. The molecule has 2 aliphatic rings. The smallest absolute Gasteiger partial charge is 0.314 e. The molecule has 0 unspecified atom stereocenters. The van der Waals surface area contributed by atoms with Gasteiger partial charge in [0, 0.05) is 0 Å². The monoisotopic (exact) mass is 464 g/mol. The number of rotatable bonds is 11. The summed E-state index contributed by atoms with van der Waals surface area (Å²) in [6.45, 7) is 4.20. The molecule has 1 aromatic rings. The Labute approximate surface area is 198 Å². The van der Waals surface area contributed by atoms with Crippen LogP contribution in [0.2, 0.25) is 0 Å². The zero-order chi connectivity index (χ0) is 23.6. The van der Waals surface area contributed by atoms with Crippen LogP contribution in [0.3, 0.4) is 0 Å². The van der Waals surface area contributed by atoms with Crippen LogP contribution in [0, 0.1) is 35.3 Å². The molecular formula is C28H42F2O3. The summed E-state index contributed by atoms with van der Waals surface area (Å²) < 4.78 is 38.6. The largest absolute Gasteiger partial charge is 0.491 e. The van der Waals surface area contributed by atoms with Gasteiger partial charge in [0.25, 0.3) is 0 Å². The molecule has 0 heterocycles. The molecule has 0 amide bonds. The molecule has 2 aliphatic carbocycles. The van der Waals surface area contributed by atoms with Gasteiger partial charge in [-0.2, -0.15) is 8.78 Å². The van der Waals surface area contributed by atoms with E-state index < -0.39 is 17.6 Å². The minimum atomic E-state index is -1.16. The summed E-state index contributed by atoms with van der Waals surface area (Å²) in [5, 5.41) is 0. The van der Waals surface area contributed by atoms with Crippen LogP contribution in [0.15, 0.2) is 12.1 Å². The number of benzene rings is 1. The third kappa shape index (κ3) is 7.42. The molecule has 0 radical (unpaired) electrons. The maximum Gasteiger partial charge on any atom is 0.314 e. The minimum absolute atomic E-state index is 0.165. The zero-order valence-electron chi connectivity index (χ0n) is 20.6. The lowest BCUT2D eigenvalue weighted by molar-refractivity contribution is -0.140. The maximum absolute atomic E-state index is 14.2. The van der Waals surface area contributed by atoms with Crippen molar-refractivity contribution in [1.82, 2.24) is 0 Å². The van der Waals surface area contributed by atoms with Crippen molar-refractivity contribution in [3.63, 3.8) is 0 Å². The summed E-state index contributed by atoms with van der Waals surface area (Å²) in [5.74, 6) is -1.06. The lowest BCUT2D eigenvalue weighted by atomic mass is 9.68. The van der Waals surface area contributed by atoms with Gasteiger partial charge >= 0.3 is 5.97 Å². The first kappa shape index (κ1) is 26.0. The predicted octanol–water partition coefficient (Wildman–Crippen LogP) is 8.24. The van der Waals surface area contributed by atoms with E-state index in [9.17, 15) is 13.6 Å². The second-order valence-electron chi connectivity index (χ2n) is 10.1. The fourth-order valence-electron chi connectivity index (χ4n) is 5.86. The molecule has 2 saturated carbocycles. The van der Waals surface area contributed by atoms with Crippen molar-refractivity contribution in [2.45, 2.75) is 104 Å². The Bertz CT molecular complexity index is 735. The van der Waals surface area contributed by atoms with E-state index in [4.69, 9.17) is 9.47 Å². The summed E-state index contributed by atoms with van der Waals surface area (Å²) in [6.07, 6.45) is 17.3. The topological polar surface area (TPSA) is 35.5 Å². The summed E-state index contributed by atoms with van der Waals surface area (Å²) >= 11 is 0. The van der Waals surface area contributed by atoms with E-state index in [0.29, 0.717) is 5.92 Å². The normalized spacial score (nSPS) is 25.6. The van der Waals surface area contributed by atoms with Gasteiger partial charge in [-0.1, -0.05) is 58.3 Å². The number of ether oxygens (including phenoxy) is 2. The number of unbranched alkanes of at least 4 members (excludes halogenated alkanes) is 4. The summed E-state index contributed by atoms with van der Waals surface area (Å²) in [6, 6.07) is 2.58. The van der Waals surface area contributed by atoms with Gasteiger partial charge in [-0.05, 0) is 75.3 Å². The van der Waals surface area contributed by atoms with E-state index in [1.165, 1.54) is 76.3 Å². The molecule has 5 heteroatoms. The van der Waals surface area contributed by atoms with Gasteiger partial charge < -0.3 is 9.47 Å². The predicted molar refractivity (Wildman–Crippen MR) is 127 cm³/mol. The fourth-order valence-corrected chi connectivity index (χ4v) is 5.86. The van der Waals surface area contributed by atoms with Crippen LogP contribution in [0.4, 0.5) is 8.78 Å². The third-order valence-electron chi connectivity index (χ3n) is 7.90. The Morgan fingerprint density at radius 3 is 2.03 bits per heavy atom. The molecule has 33 heavy (non-hydrogen) atoms.